The van der Waals surface area contributed by atoms with Crippen LogP contribution in [0, 0.1) is 23.3 Å². The number of hydrogen-bond acceptors (Lipinski definition) is 3. The van der Waals surface area contributed by atoms with E-state index in [2.05, 4.69) is 5.32 Å². The molecule has 0 saturated carbocycles. The van der Waals surface area contributed by atoms with Gasteiger partial charge in [-0.1, -0.05) is 0 Å². The normalized spacial score (nSPS) is 15.5. The minimum Gasteiger partial charge on any atom is -0.481 e. The van der Waals surface area contributed by atoms with Gasteiger partial charge in [0.2, 0.25) is 0 Å². The van der Waals surface area contributed by atoms with E-state index in [9.17, 15) is 27.2 Å². The van der Waals surface area contributed by atoms with Crippen molar-refractivity contribution in [3.05, 3.63) is 94.6 Å². The Morgan fingerprint density at radius 1 is 1.00 bits per heavy atom. The molecule has 170 valence electrons. The number of hydrogen-bond donors (Lipinski definition) is 1. The van der Waals surface area contributed by atoms with Crippen molar-refractivity contribution in [2.24, 2.45) is 0 Å². The number of benzene rings is 3. The summed E-state index contributed by atoms with van der Waals surface area (Å²) in [6, 6.07) is 10.3. The Hall–Kier alpha value is -3.88. The monoisotopic (exact) mass is 458 g/mol. The minimum absolute atomic E-state index is 0.0469. The van der Waals surface area contributed by atoms with E-state index in [0.29, 0.717) is 23.1 Å². The molecule has 9 heteroatoms. The molecule has 0 radical (unpaired) electrons. The fourth-order valence-electron chi connectivity index (χ4n) is 3.61. The second-order valence-electron chi connectivity index (χ2n) is 7.63. The second-order valence-corrected chi connectivity index (χ2v) is 7.63. The summed E-state index contributed by atoms with van der Waals surface area (Å²) in [5.74, 6) is -4.07. The lowest BCUT2D eigenvalue weighted by Gasteiger charge is -2.22. The average Bonchev–Trinajstić information content (AvgIpc) is 2.84. The largest absolute Gasteiger partial charge is 0.481 e. The lowest BCUT2D eigenvalue weighted by molar-refractivity contribution is -0.138. The van der Waals surface area contributed by atoms with Crippen molar-refractivity contribution in [1.29, 1.82) is 0 Å². The summed E-state index contributed by atoms with van der Waals surface area (Å²) < 4.78 is 59.9. The number of anilines is 1. The van der Waals surface area contributed by atoms with Crippen LogP contribution in [0.3, 0.4) is 0 Å². The van der Waals surface area contributed by atoms with Gasteiger partial charge in [-0.25, -0.2) is 17.6 Å². The topological polar surface area (TPSA) is 58.6 Å². The fraction of sp³-hybridized carbons (Fsp3) is 0.167. The van der Waals surface area contributed by atoms with Crippen LogP contribution in [0.2, 0.25) is 0 Å². The first-order valence-corrected chi connectivity index (χ1v) is 9.99. The third kappa shape index (κ3) is 4.97. The van der Waals surface area contributed by atoms with Crippen molar-refractivity contribution in [2.75, 3.05) is 5.32 Å². The molecular weight excluding hydrogens is 440 g/mol. The van der Waals surface area contributed by atoms with E-state index in [-0.39, 0.29) is 30.1 Å². The van der Waals surface area contributed by atoms with Gasteiger partial charge < -0.3 is 15.0 Å². The van der Waals surface area contributed by atoms with Crippen LogP contribution in [0.5, 0.6) is 5.75 Å². The van der Waals surface area contributed by atoms with Gasteiger partial charge >= 0.3 is 0 Å². The number of amides is 2. The molecule has 1 unspecified atom stereocenters. The van der Waals surface area contributed by atoms with E-state index in [4.69, 9.17) is 4.74 Å². The molecule has 1 N–H and O–H groups in total. The molecule has 0 bridgehead atoms. The number of carbonyl (C=O) groups is 2. The summed E-state index contributed by atoms with van der Waals surface area (Å²) >= 11 is 0. The van der Waals surface area contributed by atoms with Crippen molar-refractivity contribution < 1.29 is 31.9 Å². The predicted molar refractivity (Wildman–Crippen MR) is 111 cm³/mol. The predicted octanol–water partition coefficient (Wildman–Crippen LogP) is 4.81. The molecule has 1 aliphatic heterocycles. The van der Waals surface area contributed by atoms with E-state index >= 15 is 0 Å². The van der Waals surface area contributed by atoms with E-state index in [0.717, 1.165) is 30.3 Å². The lowest BCUT2D eigenvalue weighted by atomic mass is 10.1. The molecule has 0 aliphatic carbocycles. The Bertz CT molecular complexity index is 1230. The zero-order valence-corrected chi connectivity index (χ0v) is 17.4. The van der Waals surface area contributed by atoms with Gasteiger partial charge in [0.05, 0.1) is 5.56 Å². The van der Waals surface area contributed by atoms with Gasteiger partial charge in [-0.2, -0.15) is 0 Å². The highest BCUT2D eigenvalue weighted by Gasteiger charge is 2.28. The van der Waals surface area contributed by atoms with Crippen LogP contribution in [-0.4, -0.2) is 22.8 Å². The Labute approximate surface area is 186 Å². The van der Waals surface area contributed by atoms with E-state index in [1.54, 1.807) is 19.1 Å². The summed E-state index contributed by atoms with van der Waals surface area (Å²) in [7, 11) is 0. The summed E-state index contributed by atoms with van der Waals surface area (Å²) in [6.45, 7) is 1.55. The molecule has 4 rings (SSSR count). The molecule has 33 heavy (non-hydrogen) atoms. The zero-order valence-electron chi connectivity index (χ0n) is 17.4. The van der Waals surface area contributed by atoms with Crippen molar-refractivity contribution in [1.82, 2.24) is 4.90 Å². The molecule has 0 saturated heterocycles. The molecule has 1 atom stereocenters. The number of nitrogens with zero attached hydrogens (tertiary/aromatic N) is 1. The van der Waals surface area contributed by atoms with Crippen LogP contribution in [0.1, 0.15) is 28.4 Å². The number of nitrogens with one attached hydrogen (secondary N) is 1. The summed E-state index contributed by atoms with van der Waals surface area (Å²) in [4.78, 5) is 26.6. The summed E-state index contributed by atoms with van der Waals surface area (Å²) in [6.07, 6.45) is -0.849. The lowest BCUT2D eigenvalue weighted by Crippen LogP contribution is -2.37. The number of fused-ring (bicyclic) bond motifs is 1. The van der Waals surface area contributed by atoms with E-state index in [1.165, 1.54) is 11.0 Å². The average molecular weight is 458 g/mol. The quantitative estimate of drug-likeness (QED) is 0.572. The minimum atomic E-state index is -1.00. The molecule has 0 spiro atoms. The van der Waals surface area contributed by atoms with Gasteiger partial charge in [0.1, 0.15) is 29.0 Å². The molecule has 2 amide bonds. The number of carbonyl (C=O) groups excluding carboxylic acids is 2. The van der Waals surface area contributed by atoms with E-state index in [1.807, 2.05) is 0 Å². The first-order chi connectivity index (χ1) is 15.7. The van der Waals surface area contributed by atoms with Gasteiger partial charge in [-0.3, -0.25) is 9.59 Å². The Kier molecular flexibility index (Phi) is 6.04. The smallest absolute Gasteiger partial charge is 0.263 e. The molecule has 0 fully saturated rings. The second kappa shape index (κ2) is 8.93. The van der Waals surface area contributed by atoms with Crippen LogP contribution in [-0.2, 0) is 17.9 Å². The van der Waals surface area contributed by atoms with Crippen LogP contribution >= 0.6 is 0 Å². The number of ether oxygens (including phenoxy) is 1. The summed E-state index contributed by atoms with van der Waals surface area (Å²) in [5.41, 5.74) is 0.765. The molecule has 1 aliphatic rings. The highest BCUT2D eigenvalue weighted by atomic mass is 19.1. The first kappa shape index (κ1) is 22.3. The van der Waals surface area contributed by atoms with Crippen LogP contribution in [0.25, 0.3) is 0 Å². The third-order valence-electron chi connectivity index (χ3n) is 5.11. The molecule has 0 aromatic heterocycles. The van der Waals surface area contributed by atoms with Crippen molar-refractivity contribution >= 4 is 17.5 Å². The third-order valence-corrected chi connectivity index (χ3v) is 5.11. The van der Waals surface area contributed by atoms with Crippen molar-refractivity contribution in [3.63, 3.8) is 0 Å². The maximum Gasteiger partial charge on any atom is 0.263 e. The van der Waals surface area contributed by atoms with Crippen LogP contribution in [0.4, 0.5) is 23.2 Å². The fourth-order valence-corrected chi connectivity index (χ4v) is 3.61. The van der Waals surface area contributed by atoms with Crippen molar-refractivity contribution in [3.8, 4) is 5.75 Å². The molecular formula is C24H18F4N2O3. The Morgan fingerprint density at radius 3 is 2.42 bits per heavy atom. The molecule has 3 aromatic rings. The zero-order chi connectivity index (χ0) is 23.7. The molecule has 3 aromatic carbocycles. The highest BCUT2D eigenvalue weighted by Crippen LogP contribution is 2.30. The number of halogens is 4. The SMILES string of the molecule is CC1Oc2ccc(NC(=O)c3ccc(F)cc3F)cc2CN(Cc2cc(F)cc(F)c2)C1=O. The maximum absolute atomic E-state index is 13.9. The van der Waals surface area contributed by atoms with Crippen molar-refractivity contribution in [2.45, 2.75) is 26.1 Å². The van der Waals surface area contributed by atoms with Crippen LogP contribution in [0.15, 0.2) is 54.6 Å². The van der Waals surface area contributed by atoms with Gasteiger partial charge in [0, 0.05) is 36.5 Å². The maximum atomic E-state index is 13.9. The molecule has 1 heterocycles. The van der Waals surface area contributed by atoms with Gasteiger partial charge in [-0.15, -0.1) is 0 Å². The summed E-state index contributed by atoms with van der Waals surface area (Å²) in [5, 5.41) is 2.53. The van der Waals surface area contributed by atoms with E-state index < -0.39 is 35.3 Å². The van der Waals surface area contributed by atoms with Gasteiger partial charge in [0.25, 0.3) is 11.8 Å². The Morgan fingerprint density at radius 2 is 1.73 bits per heavy atom. The van der Waals surface area contributed by atoms with Gasteiger partial charge in [-0.05, 0) is 55.0 Å². The Balaban J connectivity index is 1.58. The number of rotatable bonds is 4. The first-order valence-electron chi connectivity index (χ1n) is 9.99. The standard InChI is InChI=1S/C24H18F4N2O3/c1-13-24(32)30(11-14-6-17(26)9-18(27)7-14)12-15-8-19(3-5-22(15)33-13)29-23(31)20-4-2-16(25)10-21(20)28/h2-10,13H,11-12H2,1H3,(H,29,31). The molecule has 5 nitrogen and oxygen atoms in total. The highest BCUT2D eigenvalue weighted by molar-refractivity contribution is 6.04. The van der Waals surface area contributed by atoms with Crippen LogP contribution < -0.4 is 10.1 Å². The van der Waals surface area contributed by atoms with Gasteiger partial charge in [0.15, 0.2) is 6.10 Å².